The van der Waals surface area contributed by atoms with Crippen LogP contribution in [0.2, 0.25) is 0 Å². The molecular weight excluding hydrogens is 407 g/mol. The first-order chi connectivity index (χ1) is 14.6. The van der Waals surface area contributed by atoms with Gasteiger partial charge in [-0.05, 0) is 56.8 Å². The van der Waals surface area contributed by atoms with Gasteiger partial charge in [-0.3, -0.25) is 9.69 Å². The van der Waals surface area contributed by atoms with Crippen LogP contribution in [0.5, 0.6) is 5.75 Å². The molecule has 3 rings (SSSR count). The van der Waals surface area contributed by atoms with Gasteiger partial charge in [0.2, 0.25) is 0 Å². The minimum Gasteiger partial charge on any atom is -0.496 e. The number of anilines is 1. The van der Waals surface area contributed by atoms with Gasteiger partial charge in [-0.15, -0.1) is 0 Å². The van der Waals surface area contributed by atoms with Gasteiger partial charge in [0.25, 0.3) is 5.91 Å². The van der Waals surface area contributed by atoms with Gasteiger partial charge in [0.1, 0.15) is 5.75 Å². The van der Waals surface area contributed by atoms with E-state index >= 15 is 0 Å². The molecule has 1 N–H and O–H groups in total. The monoisotopic (exact) mass is 435 g/mol. The normalized spacial score (nSPS) is 17.2. The highest BCUT2D eigenvalue weighted by Gasteiger charge is 2.35. The van der Waals surface area contributed by atoms with E-state index in [1.54, 1.807) is 18.2 Å². The molecule has 0 saturated carbocycles. The fraction of sp³-hybridized carbons (Fsp3) is 0.435. The summed E-state index contributed by atoms with van der Waals surface area (Å²) in [5, 5.41) is 2.65. The number of likely N-dealkylation sites (N-methyl/N-ethyl adjacent to an activating group) is 1. The van der Waals surface area contributed by atoms with Crippen LogP contribution < -0.4 is 10.1 Å². The molecule has 1 amide bonds. The molecule has 2 aromatic carbocycles. The molecule has 5 nitrogen and oxygen atoms in total. The van der Waals surface area contributed by atoms with E-state index in [2.05, 4.69) is 10.2 Å². The topological polar surface area (TPSA) is 44.8 Å². The Balaban J connectivity index is 1.80. The van der Waals surface area contributed by atoms with Crippen LogP contribution >= 0.6 is 0 Å². The van der Waals surface area contributed by atoms with Crippen molar-refractivity contribution in [3.63, 3.8) is 0 Å². The highest BCUT2D eigenvalue weighted by atomic mass is 19.4. The van der Waals surface area contributed by atoms with Crippen LogP contribution in [0, 0.1) is 6.92 Å². The molecular formula is C23H28F3N3O2. The van der Waals surface area contributed by atoms with Gasteiger partial charge in [-0.2, -0.15) is 13.2 Å². The van der Waals surface area contributed by atoms with Gasteiger partial charge in [0, 0.05) is 43.0 Å². The molecule has 1 heterocycles. The maximum atomic E-state index is 13.8. The summed E-state index contributed by atoms with van der Waals surface area (Å²) in [6, 6.07) is 9.24. The largest absolute Gasteiger partial charge is 0.496 e. The van der Waals surface area contributed by atoms with E-state index in [4.69, 9.17) is 4.74 Å². The lowest BCUT2D eigenvalue weighted by atomic mass is 10.0. The Labute approximate surface area is 180 Å². The second-order valence-electron chi connectivity index (χ2n) is 8.15. The number of rotatable bonds is 6. The van der Waals surface area contributed by atoms with Crippen molar-refractivity contribution < 1.29 is 22.7 Å². The third-order valence-corrected chi connectivity index (χ3v) is 5.72. The van der Waals surface area contributed by atoms with E-state index in [1.165, 1.54) is 19.2 Å². The second kappa shape index (κ2) is 9.28. The molecule has 31 heavy (non-hydrogen) atoms. The molecule has 168 valence electrons. The van der Waals surface area contributed by atoms with Gasteiger partial charge in [0.05, 0.1) is 12.7 Å². The van der Waals surface area contributed by atoms with Crippen LogP contribution in [0.3, 0.4) is 0 Å². The number of amides is 1. The Kier molecular flexibility index (Phi) is 6.91. The molecule has 0 aromatic heterocycles. The lowest BCUT2D eigenvalue weighted by Crippen LogP contribution is -2.31. The minimum absolute atomic E-state index is 0.0387. The van der Waals surface area contributed by atoms with E-state index in [1.807, 2.05) is 25.9 Å². The number of benzene rings is 2. The average molecular weight is 435 g/mol. The molecule has 1 fully saturated rings. The Morgan fingerprint density at radius 3 is 2.58 bits per heavy atom. The third-order valence-electron chi connectivity index (χ3n) is 5.72. The van der Waals surface area contributed by atoms with Crippen molar-refractivity contribution in [2.75, 3.05) is 39.6 Å². The highest BCUT2D eigenvalue weighted by molar-refractivity contribution is 6.04. The fourth-order valence-corrected chi connectivity index (χ4v) is 3.84. The Morgan fingerprint density at radius 2 is 1.97 bits per heavy atom. The number of nitrogens with one attached hydrogen (secondary N) is 1. The number of carbonyl (C=O) groups excluding carboxylic acids is 1. The quantitative estimate of drug-likeness (QED) is 0.730. The van der Waals surface area contributed by atoms with Gasteiger partial charge >= 0.3 is 6.18 Å². The number of hydrogen-bond donors (Lipinski definition) is 1. The predicted molar refractivity (Wildman–Crippen MR) is 114 cm³/mol. The Morgan fingerprint density at radius 1 is 1.23 bits per heavy atom. The molecule has 8 heteroatoms. The maximum absolute atomic E-state index is 13.8. The van der Waals surface area contributed by atoms with Gasteiger partial charge in [0.15, 0.2) is 0 Å². The highest BCUT2D eigenvalue weighted by Crippen LogP contribution is 2.34. The van der Waals surface area contributed by atoms with Crippen molar-refractivity contribution in [2.24, 2.45) is 0 Å². The fourth-order valence-electron chi connectivity index (χ4n) is 3.84. The minimum atomic E-state index is -4.54. The Hall–Kier alpha value is -2.58. The van der Waals surface area contributed by atoms with Crippen molar-refractivity contribution in [2.45, 2.75) is 32.1 Å². The number of hydrogen-bond acceptors (Lipinski definition) is 4. The number of aryl methyl sites for hydroxylation is 1. The molecule has 1 saturated heterocycles. The lowest BCUT2D eigenvalue weighted by molar-refractivity contribution is -0.138. The van der Waals surface area contributed by atoms with Crippen molar-refractivity contribution >= 4 is 11.6 Å². The van der Waals surface area contributed by atoms with E-state index in [9.17, 15) is 18.0 Å². The zero-order chi connectivity index (χ0) is 22.8. The van der Waals surface area contributed by atoms with Gasteiger partial charge in [-0.1, -0.05) is 12.1 Å². The van der Waals surface area contributed by atoms with Crippen molar-refractivity contribution in [1.82, 2.24) is 9.80 Å². The first-order valence-electron chi connectivity index (χ1n) is 10.1. The average Bonchev–Trinajstić information content (AvgIpc) is 3.17. The van der Waals surface area contributed by atoms with E-state index in [-0.39, 0.29) is 17.7 Å². The molecule has 1 aliphatic rings. The molecule has 0 spiro atoms. The lowest BCUT2D eigenvalue weighted by Gasteiger charge is -2.22. The molecule has 2 aromatic rings. The summed E-state index contributed by atoms with van der Waals surface area (Å²) in [6.45, 7) is 3.54. The summed E-state index contributed by atoms with van der Waals surface area (Å²) < 4.78 is 46.5. The number of halogens is 3. The third kappa shape index (κ3) is 5.57. The number of carbonyl (C=O) groups is 1. The van der Waals surface area contributed by atoms with Crippen LogP contribution in [-0.4, -0.2) is 56.0 Å². The molecule has 0 bridgehead atoms. The van der Waals surface area contributed by atoms with Crippen molar-refractivity contribution in [3.8, 4) is 5.75 Å². The smallest absolute Gasteiger partial charge is 0.416 e. The van der Waals surface area contributed by atoms with Crippen LogP contribution in [0.4, 0.5) is 18.9 Å². The number of nitrogens with zero attached hydrogens (tertiary/aromatic N) is 2. The molecule has 1 atom stereocenters. The molecule has 0 radical (unpaired) electrons. The van der Waals surface area contributed by atoms with Crippen LogP contribution in [-0.2, 0) is 12.7 Å². The first-order valence-corrected chi connectivity index (χ1v) is 10.1. The number of alkyl halides is 3. The number of ether oxygens (including phenoxy) is 1. The summed E-state index contributed by atoms with van der Waals surface area (Å²) in [6.07, 6.45) is -3.62. The second-order valence-corrected chi connectivity index (χ2v) is 8.15. The molecule has 1 aliphatic heterocycles. The zero-order valence-electron chi connectivity index (χ0n) is 18.2. The zero-order valence-corrected chi connectivity index (χ0v) is 18.2. The standard InChI is InChI=1S/C23H28F3N3O2/c1-15-5-8-18(12-21(15)31-4)27-22(30)16-6-7-17(20(11-16)23(24,25)26)13-29-10-9-19(14-29)28(2)3/h5-8,11-12,19H,9-10,13-14H2,1-4H3,(H,27,30). The maximum Gasteiger partial charge on any atom is 0.416 e. The SMILES string of the molecule is COc1cc(NC(=O)c2ccc(CN3CCC(N(C)C)C3)c(C(F)(F)F)c2)ccc1C. The summed E-state index contributed by atoms with van der Waals surface area (Å²) in [5.41, 5.74) is 0.720. The molecule has 0 aliphatic carbocycles. The van der Waals surface area contributed by atoms with Crippen molar-refractivity contribution in [3.05, 3.63) is 58.7 Å². The van der Waals surface area contributed by atoms with Crippen molar-refractivity contribution in [1.29, 1.82) is 0 Å². The van der Waals surface area contributed by atoms with E-state index in [0.29, 0.717) is 17.5 Å². The van der Waals surface area contributed by atoms with Gasteiger partial charge < -0.3 is 15.0 Å². The number of likely N-dealkylation sites (tertiary alicyclic amines) is 1. The molecule has 1 unspecified atom stereocenters. The number of methoxy groups -OCH3 is 1. The summed E-state index contributed by atoms with van der Waals surface area (Å²) in [5.74, 6) is -0.0115. The van der Waals surface area contributed by atoms with Gasteiger partial charge in [-0.25, -0.2) is 0 Å². The summed E-state index contributed by atoms with van der Waals surface area (Å²) in [7, 11) is 5.47. The van der Waals surface area contributed by atoms with Crippen LogP contribution in [0.25, 0.3) is 0 Å². The van der Waals surface area contributed by atoms with E-state index in [0.717, 1.165) is 31.1 Å². The van der Waals surface area contributed by atoms with Crippen LogP contribution in [0.1, 0.15) is 33.5 Å². The van der Waals surface area contributed by atoms with Crippen LogP contribution in [0.15, 0.2) is 36.4 Å². The first kappa shape index (κ1) is 23.1. The summed E-state index contributed by atoms with van der Waals surface area (Å²) in [4.78, 5) is 16.7. The predicted octanol–water partition coefficient (Wildman–Crippen LogP) is 4.41. The van der Waals surface area contributed by atoms with E-state index < -0.39 is 17.6 Å². The Bertz CT molecular complexity index is 944. The summed E-state index contributed by atoms with van der Waals surface area (Å²) >= 11 is 0.